The minimum atomic E-state index is -0.375. The first-order valence-corrected chi connectivity index (χ1v) is 11.3. The van der Waals surface area contributed by atoms with Crippen molar-refractivity contribution in [2.75, 3.05) is 31.6 Å². The predicted octanol–water partition coefficient (Wildman–Crippen LogP) is 4.87. The Morgan fingerprint density at radius 1 is 1.19 bits per heavy atom. The van der Waals surface area contributed by atoms with Crippen molar-refractivity contribution in [1.29, 1.82) is 0 Å². The smallest absolute Gasteiger partial charge is 0.341 e. The molecule has 0 bridgehead atoms. The molecule has 170 valence electrons. The van der Waals surface area contributed by atoms with E-state index in [2.05, 4.69) is 31.0 Å². The summed E-state index contributed by atoms with van der Waals surface area (Å²) in [6.07, 6.45) is 0.780. The second kappa shape index (κ2) is 11.5. The molecule has 0 aliphatic carbocycles. The van der Waals surface area contributed by atoms with Crippen LogP contribution in [0.1, 0.15) is 60.0 Å². The van der Waals surface area contributed by atoms with Crippen LogP contribution in [-0.4, -0.2) is 43.1 Å². The lowest BCUT2D eigenvalue weighted by molar-refractivity contribution is -0.118. The Hall–Kier alpha value is -2.09. The molecular formula is C23H31ClN2O4S. The van der Waals surface area contributed by atoms with Crippen LogP contribution in [0.4, 0.5) is 5.00 Å². The lowest BCUT2D eigenvalue weighted by atomic mass is 10.0. The molecule has 0 radical (unpaired) electrons. The Bertz CT molecular complexity index is 896. The van der Waals surface area contributed by atoms with Crippen LogP contribution in [0.2, 0.25) is 0 Å². The van der Waals surface area contributed by atoms with Gasteiger partial charge in [0, 0.05) is 18.0 Å². The van der Waals surface area contributed by atoms with Gasteiger partial charge in [-0.3, -0.25) is 9.69 Å². The van der Waals surface area contributed by atoms with Crippen LogP contribution < -0.4 is 10.1 Å². The molecule has 0 saturated heterocycles. The fourth-order valence-electron chi connectivity index (χ4n) is 3.49. The van der Waals surface area contributed by atoms with Gasteiger partial charge in [0.25, 0.3) is 5.91 Å². The van der Waals surface area contributed by atoms with Crippen molar-refractivity contribution in [3.63, 3.8) is 0 Å². The number of thiophene rings is 1. The van der Waals surface area contributed by atoms with Crippen LogP contribution in [0, 0.1) is 0 Å². The second-order valence-electron chi connectivity index (χ2n) is 7.61. The summed E-state index contributed by atoms with van der Waals surface area (Å²) in [5.74, 6) is 0.418. The zero-order chi connectivity index (χ0) is 21.7. The third-order valence-corrected chi connectivity index (χ3v) is 6.36. The van der Waals surface area contributed by atoms with Gasteiger partial charge in [0.15, 0.2) is 6.61 Å². The summed E-state index contributed by atoms with van der Waals surface area (Å²) in [7, 11) is 0. The lowest BCUT2D eigenvalue weighted by Crippen LogP contribution is -2.30. The van der Waals surface area contributed by atoms with Gasteiger partial charge in [-0.05, 0) is 49.1 Å². The normalized spacial score (nSPS) is 13.3. The molecule has 0 unspecified atom stereocenters. The van der Waals surface area contributed by atoms with Crippen molar-refractivity contribution in [2.45, 2.75) is 46.6 Å². The molecule has 8 heteroatoms. The van der Waals surface area contributed by atoms with E-state index < -0.39 is 0 Å². The van der Waals surface area contributed by atoms with Crippen molar-refractivity contribution < 1.29 is 19.1 Å². The van der Waals surface area contributed by atoms with Crippen molar-refractivity contribution in [2.24, 2.45) is 0 Å². The van der Waals surface area contributed by atoms with Gasteiger partial charge in [0.2, 0.25) is 0 Å². The van der Waals surface area contributed by atoms with Gasteiger partial charge in [0.1, 0.15) is 10.8 Å². The SMILES string of the molecule is CCOC(=O)c1c(NC(=O)COc2ccc(C(C)C)cc2)sc2c1CCN(CC)C2.Cl. The second-order valence-corrected chi connectivity index (χ2v) is 8.71. The first-order chi connectivity index (χ1) is 14.4. The number of nitrogens with zero attached hydrogens (tertiary/aromatic N) is 1. The van der Waals surface area contributed by atoms with Gasteiger partial charge in [-0.1, -0.05) is 32.9 Å². The maximum absolute atomic E-state index is 12.6. The van der Waals surface area contributed by atoms with E-state index in [0.29, 0.717) is 28.8 Å². The van der Waals surface area contributed by atoms with Crippen LogP contribution >= 0.6 is 23.7 Å². The molecule has 3 rings (SSSR count). The van der Waals surface area contributed by atoms with Crippen LogP contribution in [0.3, 0.4) is 0 Å². The standard InChI is InChI=1S/C23H30N2O4S.ClH/c1-5-25-12-11-18-19(13-25)30-22(21(18)23(27)28-6-2)24-20(26)14-29-17-9-7-16(8-10-17)15(3)4;/h7-10,15H,5-6,11-14H2,1-4H3,(H,24,26);1H. The average molecular weight is 467 g/mol. The number of hydrogen-bond donors (Lipinski definition) is 1. The minimum Gasteiger partial charge on any atom is -0.484 e. The Morgan fingerprint density at radius 2 is 1.90 bits per heavy atom. The summed E-state index contributed by atoms with van der Waals surface area (Å²) in [5, 5.41) is 3.43. The molecular weight excluding hydrogens is 436 g/mol. The molecule has 0 atom stereocenters. The summed E-state index contributed by atoms with van der Waals surface area (Å²) in [6, 6.07) is 7.75. The van der Waals surface area contributed by atoms with Crippen molar-refractivity contribution >= 4 is 40.6 Å². The molecule has 31 heavy (non-hydrogen) atoms. The summed E-state index contributed by atoms with van der Waals surface area (Å²) >= 11 is 1.46. The molecule has 1 aromatic heterocycles. The number of likely N-dealkylation sites (N-methyl/N-ethyl adjacent to an activating group) is 1. The number of fused-ring (bicyclic) bond motifs is 1. The van der Waals surface area contributed by atoms with Gasteiger partial charge in [-0.25, -0.2) is 4.79 Å². The molecule has 2 heterocycles. The van der Waals surface area contributed by atoms with Crippen LogP contribution in [0.25, 0.3) is 0 Å². The van der Waals surface area contributed by atoms with Crippen molar-refractivity contribution in [3.05, 3.63) is 45.8 Å². The highest BCUT2D eigenvalue weighted by molar-refractivity contribution is 7.17. The summed E-state index contributed by atoms with van der Waals surface area (Å²) < 4.78 is 10.9. The van der Waals surface area contributed by atoms with Crippen LogP contribution in [0.15, 0.2) is 24.3 Å². The number of halogens is 1. The maximum atomic E-state index is 12.6. The molecule has 1 aliphatic heterocycles. The number of nitrogens with one attached hydrogen (secondary N) is 1. The number of ether oxygens (including phenoxy) is 2. The number of esters is 1. The molecule has 1 N–H and O–H groups in total. The number of hydrogen-bond acceptors (Lipinski definition) is 6. The summed E-state index contributed by atoms with van der Waals surface area (Å²) in [4.78, 5) is 28.6. The quantitative estimate of drug-likeness (QED) is 0.562. The third kappa shape index (κ3) is 6.21. The van der Waals surface area contributed by atoms with E-state index in [9.17, 15) is 9.59 Å². The molecule has 0 saturated carbocycles. The lowest BCUT2D eigenvalue weighted by Gasteiger charge is -2.25. The Balaban J connectivity index is 0.00000341. The van der Waals surface area contributed by atoms with E-state index in [1.807, 2.05) is 24.3 Å². The van der Waals surface area contributed by atoms with Gasteiger partial charge in [-0.2, -0.15) is 0 Å². The fraction of sp³-hybridized carbons (Fsp3) is 0.478. The largest absolute Gasteiger partial charge is 0.484 e. The topological polar surface area (TPSA) is 67.9 Å². The number of rotatable bonds is 8. The summed E-state index contributed by atoms with van der Waals surface area (Å²) in [6.45, 7) is 11.0. The average Bonchev–Trinajstić information content (AvgIpc) is 3.09. The molecule has 1 aliphatic rings. The molecule has 6 nitrogen and oxygen atoms in total. The van der Waals surface area contributed by atoms with E-state index in [1.165, 1.54) is 16.9 Å². The number of carbonyl (C=O) groups excluding carboxylic acids is 2. The first-order valence-electron chi connectivity index (χ1n) is 10.5. The van der Waals surface area contributed by atoms with E-state index in [1.54, 1.807) is 6.92 Å². The van der Waals surface area contributed by atoms with Crippen LogP contribution in [0.5, 0.6) is 5.75 Å². The van der Waals surface area contributed by atoms with Gasteiger partial charge in [-0.15, -0.1) is 23.7 Å². The molecule has 1 aromatic carbocycles. The number of carbonyl (C=O) groups is 2. The monoisotopic (exact) mass is 466 g/mol. The molecule has 2 aromatic rings. The Morgan fingerprint density at radius 3 is 2.52 bits per heavy atom. The number of benzene rings is 1. The van der Waals surface area contributed by atoms with Crippen molar-refractivity contribution in [1.82, 2.24) is 4.90 Å². The van der Waals surface area contributed by atoms with E-state index in [4.69, 9.17) is 9.47 Å². The zero-order valence-electron chi connectivity index (χ0n) is 18.5. The van der Waals surface area contributed by atoms with Gasteiger partial charge >= 0.3 is 5.97 Å². The predicted molar refractivity (Wildman–Crippen MR) is 127 cm³/mol. The van der Waals surface area contributed by atoms with E-state index in [-0.39, 0.29) is 30.9 Å². The molecule has 0 fully saturated rings. The minimum absolute atomic E-state index is 0. The zero-order valence-corrected chi connectivity index (χ0v) is 20.2. The number of anilines is 1. The first kappa shape index (κ1) is 25.2. The Kier molecular flexibility index (Phi) is 9.34. The van der Waals surface area contributed by atoms with Gasteiger partial charge < -0.3 is 14.8 Å². The Labute approximate surface area is 194 Å². The summed E-state index contributed by atoms with van der Waals surface area (Å²) in [5.41, 5.74) is 2.72. The highest BCUT2D eigenvalue weighted by Gasteiger charge is 2.29. The third-order valence-electron chi connectivity index (χ3n) is 5.23. The molecule has 0 spiro atoms. The van der Waals surface area contributed by atoms with E-state index >= 15 is 0 Å². The highest BCUT2D eigenvalue weighted by Crippen LogP contribution is 2.37. The number of amides is 1. The maximum Gasteiger partial charge on any atom is 0.341 e. The highest BCUT2D eigenvalue weighted by atomic mass is 35.5. The van der Waals surface area contributed by atoms with Gasteiger partial charge in [0.05, 0.1) is 12.2 Å². The van der Waals surface area contributed by atoms with Crippen molar-refractivity contribution in [3.8, 4) is 5.75 Å². The fourth-order valence-corrected chi connectivity index (χ4v) is 4.79. The van der Waals surface area contributed by atoms with Crippen LogP contribution in [-0.2, 0) is 22.5 Å². The van der Waals surface area contributed by atoms with E-state index in [0.717, 1.165) is 36.5 Å². The molecule has 1 amide bonds.